The molecule has 0 aromatic heterocycles. The Hall–Kier alpha value is -2.53. The van der Waals surface area contributed by atoms with E-state index in [0.717, 1.165) is 5.56 Å². The molecule has 132 valence electrons. The maximum absolute atomic E-state index is 12.1. The zero-order chi connectivity index (χ0) is 18.2. The first-order valence-corrected chi connectivity index (χ1v) is 8.31. The number of hydrogen-bond donors (Lipinski definition) is 1. The molecule has 25 heavy (non-hydrogen) atoms. The monoisotopic (exact) mass is 361 g/mol. The Kier molecular flexibility index (Phi) is 6.83. The van der Waals surface area contributed by atoms with Crippen molar-refractivity contribution in [2.75, 3.05) is 11.9 Å². The Labute approximate surface area is 151 Å². The van der Waals surface area contributed by atoms with Crippen molar-refractivity contribution in [2.45, 2.75) is 26.4 Å². The Balaban J connectivity index is 1.86. The molecule has 1 N–H and O–H groups in total. The minimum Gasteiger partial charge on any atom is -0.479 e. The van der Waals surface area contributed by atoms with Crippen LogP contribution < -0.4 is 10.1 Å². The number of aryl methyl sites for hydroxylation is 1. The molecule has 0 heterocycles. The summed E-state index contributed by atoms with van der Waals surface area (Å²) in [5.74, 6) is -0.421. The molecule has 5 nitrogen and oxygen atoms in total. The zero-order valence-electron chi connectivity index (χ0n) is 14.1. The first-order chi connectivity index (χ1) is 12.0. The molecule has 0 aliphatic carbocycles. The van der Waals surface area contributed by atoms with Crippen LogP contribution in [-0.4, -0.2) is 24.6 Å². The highest BCUT2D eigenvalue weighted by Crippen LogP contribution is 2.19. The molecule has 0 bridgehead atoms. The Morgan fingerprint density at radius 1 is 1.16 bits per heavy atom. The third-order valence-electron chi connectivity index (χ3n) is 3.46. The molecule has 2 aromatic rings. The summed E-state index contributed by atoms with van der Waals surface area (Å²) in [5.41, 5.74) is 1.45. The highest BCUT2D eigenvalue weighted by molar-refractivity contribution is 6.30. The van der Waals surface area contributed by atoms with Crippen LogP contribution in [-0.2, 0) is 14.3 Å². The number of nitrogens with one attached hydrogen (secondary N) is 1. The number of amides is 1. The molecule has 0 saturated heterocycles. The van der Waals surface area contributed by atoms with Crippen molar-refractivity contribution >= 4 is 29.2 Å². The van der Waals surface area contributed by atoms with E-state index in [2.05, 4.69) is 5.32 Å². The minimum absolute atomic E-state index is 0.379. The first kappa shape index (κ1) is 18.8. The van der Waals surface area contributed by atoms with E-state index in [1.54, 1.807) is 30.3 Å². The van der Waals surface area contributed by atoms with Crippen LogP contribution in [0.1, 0.15) is 18.9 Å². The summed E-state index contributed by atoms with van der Waals surface area (Å²) in [6.45, 7) is 3.26. The lowest BCUT2D eigenvalue weighted by Crippen LogP contribution is -2.31. The second kappa shape index (κ2) is 9.08. The van der Waals surface area contributed by atoms with Crippen molar-refractivity contribution < 1.29 is 19.1 Å². The summed E-state index contributed by atoms with van der Waals surface area (Å²) >= 11 is 5.88. The van der Waals surface area contributed by atoms with Crippen molar-refractivity contribution in [1.82, 2.24) is 0 Å². The molecular weight excluding hydrogens is 342 g/mol. The Bertz CT molecular complexity index is 733. The van der Waals surface area contributed by atoms with Gasteiger partial charge in [0.25, 0.3) is 5.91 Å². The van der Waals surface area contributed by atoms with E-state index in [9.17, 15) is 9.59 Å². The maximum Gasteiger partial charge on any atom is 0.347 e. The van der Waals surface area contributed by atoms with Crippen LogP contribution in [0.25, 0.3) is 0 Å². The number of esters is 1. The van der Waals surface area contributed by atoms with Crippen LogP contribution in [0.4, 0.5) is 5.69 Å². The molecule has 1 amide bonds. The largest absolute Gasteiger partial charge is 0.479 e. The summed E-state index contributed by atoms with van der Waals surface area (Å²) in [7, 11) is 0. The molecule has 2 aromatic carbocycles. The number of hydrogen-bond acceptors (Lipinski definition) is 4. The average molecular weight is 362 g/mol. The van der Waals surface area contributed by atoms with E-state index in [-0.39, 0.29) is 6.61 Å². The fourth-order valence-electron chi connectivity index (χ4n) is 2.14. The predicted molar refractivity (Wildman–Crippen MR) is 96.9 cm³/mol. The first-order valence-electron chi connectivity index (χ1n) is 7.94. The maximum atomic E-state index is 12.1. The van der Waals surface area contributed by atoms with E-state index < -0.39 is 18.0 Å². The van der Waals surface area contributed by atoms with Crippen molar-refractivity contribution in [2.24, 2.45) is 0 Å². The lowest BCUT2D eigenvalue weighted by Gasteiger charge is -2.16. The van der Waals surface area contributed by atoms with Gasteiger partial charge in [0.1, 0.15) is 5.75 Å². The molecule has 0 unspecified atom stereocenters. The second-order valence-electron chi connectivity index (χ2n) is 5.44. The van der Waals surface area contributed by atoms with Gasteiger partial charge in [0.2, 0.25) is 0 Å². The molecule has 0 saturated carbocycles. The van der Waals surface area contributed by atoms with Gasteiger partial charge in [-0.25, -0.2) is 4.79 Å². The molecule has 0 fully saturated rings. The van der Waals surface area contributed by atoms with E-state index >= 15 is 0 Å². The van der Waals surface area contributed by atoms with Crippen molar-refractivity contribution in [3.8, 4) is 5.75 Å². The zero-order valence-corrected chi connectivity index (χ0v) is 14.9. The number of carbonyl (C=O) groups excluding carboxylic acids is 2. The van der Waals surface area contributed by atoms with Crippen LogP contribution in [0.15, 0.2) is 48.5 Å². The normalized spacial score (nSPS) is 11.5. The topological polar surface area (TPSA) is 64.6 Å². The van der Waals surface area contributed by atoms with Crippen LogP contribution in [0.5, 0.6) is 5.75 Å². The second-order valence-corrected chi connectivity index (χ2v) is 5.88. The number of halogens is 1. The standard InChI is InChI=1S/C19H20ClNO4/c1-3-17(25-15-7-5-4-6-8-15)19(23)24-12-18(22)21-16-10-9-14(20)11-13(16)2/h4-11,17H,3,12H2,1-2H3,(H,21,22)/t17-/m1/s1. The summed E-state index contributed by atoms with van der Waals surface area (Å²) < 4.78 is 10.7. The summed E-state index contributed by atoms with van der Waals surface area (Å²) in [5, 5.41) is 3.27. The summed E-state index contributed by atoms with van der Waals surface area (Å²) in [6.07, 6.45) is -0.321. The van der Waals surface area contributed by atoms with Gasteiger partial charge < -0.3 is 14.8 Å². The van der Waals surface area contributed by atoms with E-state index in [0.29, 0.717) is 22.9 Å². The van der Waals surface area contributed by atoms with Crippen molar-refractivity contribution in [1.29, 1.82) is 0 Å². The smallest absolute Gasteiger partial charge is 0.347 e. The quantitative estimate of drug-likeness (QED) is 0.757. The van der Waals surface area contributed by atoms with Gasteiger partial charge in [0.15, 0.2) is 12.7 Å². The van der Waals surface area contributed by atoms with Gasteiger partial charge in [-0.05, 0) is 49.2 Å². The summed E-state index contributed by atoms with van der Waals surface area (Å²) in [4.78, 5) is 24.1. The predicted octanol–water partition coefficient (Wildman–Crippen LogP) is 3.99. The SMILES string of the molecule is CC[C@@H](Oc1ccccc1)C(=O)OCC(=O)Nc1ccc(Cl)cc1C. The van der Waals surface area contributed by atoms with Gasteiger partial charge in [0.05, 0.1) is 0 Å². The lowest BCUT2D eigenvalue weighted by molar-refractivity contribution is -0.154. The van der Waals surface area contributed by atoms with Gasteiger partial charge in [-0.15, -0.1) is 0 Å². The van der Waals surface area contributed by atoms with Gasteiger partial charge in [0, 0.05) is 10.7 Å². The van der Waals surface area contributed by atoms with Gasteiger partial charge in [-0.2, -0.15) is 0 Å². The molecule has 0 radical (unpaired) electrons. The molecule has 0 spiro atoms. The Morgan fingerprint density at radius 2 is 1.88 bits per heavy atom. The number of benzene rings is 2. The molecule has 0 aliphatic heterocycles. The third-order valence-corrected chi connectivity index (χ3v) is 3.70. The molecule has 6 heteroatoms. The Morgan fingerprint density at radius 3 is 2.52 bits per heavy atom. The molecule has 1 atom stereocenters. The number of carbonyl (C=O) groups is 2. The van der Waals surface area contributed by atoms with Crippen LogP contribution in [0.2, 0.25) is 5.02 Å². The van der Waals surface area contributed by atoms with Crippen molar-refractivity contribution in [3.63, 3.8) is 0 Å². The fraction of sp³-hybridized carbons (Fsp3) is 0.263. The lowest BCUT2D eigenvalue weighted by atomic mass is 10.2. The number of anilines is 1. The molecule has 0 aliphatic rings. The van der Waals surface area contributed by atoms with Crippen LogP contribution in [0.3, 0.4) is 0 Å². The van der Waals surface area contributed by atoms with Gasteiger partial charge in [-0.1, -0.05) is 36.7 Å². The van der Waals surface area contributed by atoms with Crippen molar-refractivity contribution in [3.05, 3.63) is 59.1 Å². The molecular formula is C19H20ClNO4. The average Bonchev–Trinajstić information content (AvgIpc) is 2.61. The number of para-hydroxylation sites is 1. The van der Waals surface area contributed by atoms with Gasteiger partial charge >= 0.3 is 5.97 Å². The fourth-order valence-corrected chi connectivity index (χ4v) is 2.37. The third kappa shape index (κ3) is 5.80. The number of rotatable bonds is 7. The van der Waals surface area contributed by atoms with Gasteiger partial charge in [-0.3, -0.25) is 4.79 Å². The highest BCUT2D eigenvalue weighted by atomic mass is 35.5. The van der Waals surface area contributed by atoms with Crippen LogP contribution in [0, 0.1) is 6.92 Å². The minimum atomic E-state index is -0.757. The molecule has 2 rings (SSSR count). The van der Waals surface area contributed by atoms with Crippen LogP contribution >= 0.6 is 11.6 Å². The number of ether oxygens (including phenoxy) is 2. The van der Waals surface area contributed by atoms with E-state index in [1.165, 1.54) is 0 Å². The summed E-state index contributed by atoms with van der Waals surface area (Å²) in [6, 6.07) is 14.1. The van der Waals surface area contributed by atoms with E-state index in [4.69, 9.17) is 21.1 Å². The highest BCUT2D eigenvalue weighted by Gasteiger charge is 2.21. The van der Waals surface area contributed by atoms with E-state index in [1.807, 2.05) is 32.0 Å².